The molecule has 14 heavy (non-hydrogen) atoms. The lowest BCUT2D eigenvalue weighted by Crippen LogP contribution is -2.38. The number of hydrazine groups is 1. The summed E-state index contributed by atoms with van der Waals surface area (Å²) in [5.41, 5.74) is 1.23. The van der Waals surface area contributed by atoms with Gasteiger partial charge in [0, 0.05) is 6.54 Å². The fourth-order valence-electron chi connectivity index (χ4n) is 1.13. The van der Waals surface area contributed by atoms with Crippen molar-refractivity contribution in [2.45, 2.75) is 12.5 Å². The van der Waals surface area contributed by atoms with Crippen LogP contribution in [0.3, 0.4) is 0 Å². The van der Waals surface area contributed by atoms with Gasteiger partial charge in [0.25, 0.3) is 0 Å². The van der Waals surface area contributed by atoms with Gasteiger partial charge in [-0.25, -0.2) is 8.78 Å². The second-order valence-electron chi connectivity index (χ2n) is 3.28. The topological polar surface area (TPSA) is 58.3 Å². The SMILES string of the molecule is CC(O)(CNN)c1ccc(F)c(F)c1. The third-order valence-electron chi connectivity index (χ3n) is 1.99. The Morgan fingerprint density at radius 2 is 2.07 bits per heavy atom. The van der Waals surface area contributed by atoms with E-state index in [4.69, 9.17) is 5.84 Å². The molecule has 0 fully saturated rings. The average Bonchev–Trinajstić information content (AvgIpc) is 2.09. The molecule has 0 amide bonds. The standard InChI is InChI=1S/C9H12F2N2O/c1-9(14,5-13-12)6-2-3-7(10)8(11)4-6/h2-4,13-14H,5,12H2,1H3. The lowest BCUT2D eigenvalue weighted by molar-refractivity contribution is 0.0568. The first-order valence-corrected chi connectivity index (χ1v) is 4.09. The molecule has 0 spiro atoms. The average molecular weight is 202 g/mol. The van der Waals surface area contributed by atoms with E-state index in [1.54, 1.807) is 0 Å². The fraction of sp³-hybridized carbons (Fsp3) is 0.333. The van der Waals surface area contributed by atoms with E-state index < -0.39 is 17.2 Å². The molecule has 0 aliphatic heterocycles. The minimum atomic E-state index is -1.32. The largest absolute Gasteiger partial charge is 0.384 e. The van der Waals surface area contributed by atoms with Crippen LogP contribution in [-0.2, 0) is 5.60 Å². The highest BCUT2D eigenvalue weighted by atomic mass is 19.2. The first kappa shape index (κ1) is 11.0. The van der Waals surface area contributed by atoms with Crippen LogP contribution in [0.25, 0.3) is 0 Å². The highest BCUT2D eigenvalue weighted by molar-refractivity contribution is 5.23. The van der Waals surface area contributed by atoms with E-state index in [9.17, 15) is 13.9 Å². The van der Waals surface area contributed by atoms with Crippen LogP contribution in [-0.4, -0.2) is 11.7 Å². The Balaban J connectivity index is 3.01. The number of aliphatic hydroxyl groups is 1. The Morgan fingerprint density at radius 3 is 2.57 bits per heavy atom. The molecule has 0 aliphatic rings. The zero-order chi connectivity index (χ0) is 10.8. The van der Waals surface area contributed by atoms with Gasteiger partial charge in [-0.2, -0.15) is 0 Å². The van der Waals surface area contributed by atoms with E-state index in [1.807, 2.05) is 0 Å². The van der Waals surface area contributed by atoms with Gasteiger partial charge in [0.1, 0.15) is 5.60 Å². The Bertz CT molecular complexity index is 329. The van der Waals surface area contributed by atoms with Crippen molar-refractivity contribution >= 4 is 0 Å². The maximum absolute atomic E-state index is 12.8. The Morgan fingerprint density at radius 1 is 1.43 bits per heavy atom. The van der Waals surface area contributed by atoms with Gasteiger partial charge in [-0.1, -0.05) is 6.07 Å². The molecule has 0 bridgehead atoms. The third kappa shape index (κ3) is 2.25. The minimum absolute atomic E-state index is 0.0536. The van der Waals surface area contributed by atoms with Gasteiger partial charge in [0.15, 0.2) is 11.6 Å². The summed E-state index contributed by atoms with van der Waals surface area (Å²) in [6, 6.07) is 3.23. The molecule has 1 aromatic rings. The second-order valence-corrected chi connectivity index (χ2v) is 3.28. The number of nitrogens with one attached hydrogen (secondary N) is 1. The summed E-state index contributed by atoms with van der Waals surface area (Å²) in [5.74, 6) is 3.12. The highest BCUT2D eigenvalue weighted by Gasteiger charge is 2.23. The predicted molar refractivity (Wildman–Crippen MR) is 48.1 cm³/mol. The molecule has 5 heteroatoms. The van der Waals surface area contributed by atoms with Gasteiger partial charge in [0.2, 0.25) is 0 Å². The lowest BCUT2D eigenvalue weighted by Gasteiger charge is -2.23. The molecule has 1 rings (SSSR count). The van der Waals surface area contributed by atoms with Crippen LogP contribution in [0, 0.1) is 11.6 Å². The van der Waals surface area contributed by atoms with Crippen molar-refractivity contribution in [3.63, 3.8) is 0 Å². The molecule has 3 nitrogen and oxygen atoms in total. The molecule has 0 aliphatic carbocycles. The van der Waals surface area contributed by atoms with E-state index in [-0.39, 0.29) is 12.1 Å². The Hall–Kier alpha value is -1.04. The smallest absolute Gasteiger partial charge is 0.159 e. The first-order chi connectivity index (χ1) is 6.47. The summed E-state index contributed by atoms with van der Waals surface area (Å²) in [6.45, 7) is 1.51. The van der Waals surface area contributed by atoms with Gasteiger partial charge in [0.05, 0.1) is 0 Å². The van der Waals surface area contributed by atoms with Crippen molar-refractivity contribution < 1.29 is 13.9 Å². The van der Waals surface area contributed by atoms with Crippen molar-refractivity contribution in [2.24, 2.45) is 5.84 Å². The molecule has 1 aromatic carbocycles. The minimum Gasteiger partial charge on any atom is -0.384 e. The molecule has 1 unspecified atom stereocenters. The molecule has 1 atom stereocenters. The molecule has 4 N–H and O–H groups in total. The summed E-state index contributed by atoms with van der Waals surface area (Å²) in [5, 5.41) is 9.77. The summed E-state index contributed by atoms with van der Waals surface area (Å²) in [4.78, 5) is 0. The number of benzene rings is 1. The van der Waals surface area contributed by atoms with Crippen LogP contribution in [0.5, 0.6) is 0 Å². The maximum Gasteiger partial charge on any atom is 0.159 e. The zero-order valence-electron chi connectivity index (χ0n) is 7.72. The normalized spacial score (nSPS) is 15.2. The number of hydrogen-bond acceptors (Lipinski definition) is 3. The van der Waals surface area contributed by atoms with Crippen LogP contribution in [0.4, 0.5) is 8.78 Å². The monoisotopic (exact) mass is 202 g/mol. The van der Waals surface area contributed by atoms with E-state index in [2.05, 4.69) is 5.43 Å². The first-order valence-electron chi connectivity index (χ1n) is 4.09. The molecular weight excluding hydrogens is 190 g/mol. The summed E-state index contributed by atoms with van der Waals surface area (Å²) in [7, 11) is 0. The molecule has 0 heterocycles. The molecule has 0 aromatic heterocycles. The predicted octanol–water partition coefficient (Wildman–Crippen LogP) is 0.636. The molecular formula is C9H12F2N2O. The quantitative estimate of drug-likeness (QED) is 0.498. The van der Waals surface area contributed by atoms with Crippen LogP contribution in [0.15, 0.2) is 18.2 Å². The van der Waals surface area contributed by atoms with Gasteiger partial charge in [-0.3, -0.25) is 11.3 Å². The lowest BCUT2D eigenvalue weighted by atomic mass is 9.96. The highest BCUT2D eigenvalue weighted by Crippen LogP contribution is 2.21. The summed E-state index contributed by atoms with van der Waals surface area (Å²) >= 11 is 0. The Kier molecular flexibility index (Phi) is 3.15. The fourth-order valence-corrected chi connectivity index (χ4v) is 1.13. The van der Waals surface area contributed by atoms with Crippen molar-refractivity contribution in [1.29, 1.82) is 0 Å². The van der Waals surface area contributed by atoms with E-state index in [1.165, 1.54) is 13.0 Å². The van der Waals surface area contributed by atoms with Gasteiger partial charge in [-0.15, -0.1) is 0 Å². The molecule has 0 saturated heterocycles. The van der Waals surface area contributed by atoms with Crippen LogP contribution >= 0.6 is 0 Å². The van der Waals surface area contributed by atoms with Gasteiger partial charge < -0.3 is 5.11 Å². The summed E-state index contributed by atoms with van der Waals surface area (Å²) in [6.07, 6.45) is 0. The van der Waals surface area contributed by atoms with Crippen molar-refractivity contribution in [2.75, 3.05) is 6.54 Å². The number of halogens is 2. The second kappa shape index (κ2) is 4.00. The Labute approximate surface area is 80.5 Å². The number of hydrogen-bond donors (Lipinski definition) is 3. The third-order valence-corrected chi connectivity index (χ3v) is 1.99. The summed E-state index contributed by atoms with van der Waals surface area (Å²) < 4.78 is 25.4. The van der Waals surface area contributed by atoms with Gasteiger partial charge in [-0.05, 0) is 24.6 Å². The van der Waals surface area contributed by atoms with E-state index >= 15 is 0 Å². The van der Waals surface area contributed by atoms with Crippen LogP contribution in [0.1, 0.15) is 12.5 Å². The number of nitrogens with two attached hydrogens (primary N) is 1. The van der Waals surface area contributed by atoms with E-state index in [0.717, 1.165) is 12.1 Å². The molecule has 78 valence electrons. The van der Waals surface area contributed by atoms with Crippen molar-refractivity contribution in [3.05, 3.63) is 35.4 Å². The van der Waals surface area contributed by atoms with Crippen molar-refractivity contribution in [3.8, 4) is 0 Å². The maximum atomic E-state index is 12.8. The van der Waals surface area contributed by atoms with Gasteiger partial charge >= 0.3 is 0 Å². The van der Waals surface area contributed by atoms with Crippen LogP contribution in [0.2, 0.25) is 0 Å². The molecule has 0 saturated carbocycles. The number of rotatable bonds is 3. The van der Waals surface area contributed by atoms with Crippen molar-refractivity contribution in [1.82, 2.24) is 5.43 Å². The van der Waals surface area contributed by atoms with Crippen LogP contribution < -0.4 is 11.3 Å². The van der Waals surface area contributed by atoms with E-state index in [0.29, 0.717) is 0 Å². The zero-order valence-corrected chi connectivity index (χ0v) is 7.72. The molecule has 0 radical (unpaired) electrons.